The Hall–Kier alpha value is -0.843. The summed E-state index contributed by atoms with van der Waals surface area (Å²) in [4.78, 5) is 3.49. The first-order chi connectivity index (χ1) is 7.66. The molecule has 1 rings (SSSR count). The predicted molar refractivity (Wildman–Crippen MR) is 69.5 cm³/mol. The van der Waals surface area contributed by atoms with Crippen molar-refractivity contribution in [3.05, 3.63) is 24.3 Å². The van der Waals surface area contributed by atoms with Gasteiger partial charge in [-0.05, 0) is 37.3 Å². The van der Waals surface area contributed by atoms with Gasteiger partial charge in [0.1, 0.15) is 5.75 Å². The van der Waals surface area contributed by atoms with Crippen LogP contribution in [0.1, 0.15) is 13.8 Å². The highest BCUT2D eigenvalue weighted by Crippen LogP contribution is 2.09. The molecule has 16 heavy (non-hydrogen) atoms. The molecule has 0 aliphatic rings. The first kappa shape index (κ1) is 13.2. The van der Waals surface area contributed by atoms with E-state index in [9.17, 15) is 0 Å². The highest BCUT2D eigenvalue weighted by Gasteiger charge is 2.30. The molecule has 0 radical (unpaired) electrons. The zero-order valence-corrected chi connectivity index (χ0v) is 11.5. The van der Waals surface area contributed by atoms with Crippen LogP contribution in [0.3, 0.4) is 0 Å². The zero-order valence-electron chi connectivity index (χ0n) is 10.5. The highest BCUT2D eigenvalue weighted by atomic mass is 28.4. The average Bonchev–Trinajstić information content (AvgIpc) is 2.30. The molecular weight excluding hydrogens is 218 g/mol. The molecule has 4 heteroatoms. The summed E-state index contributed by atoms with van der Waals surface area (Å²) < 4.78 is 11.1. The third-order valence-electron chi connectivity index (χ3n) is 2.59. The molecule has 0 aliphatic heterocycles. The van der Waals surface area contributed by atoms with E-state index < -0.39 is 8.48 Å². The van der Waals surface area contributed by atoms with Gasteiger partial charge in [0, 0.05) is 6.61 Å². The molecule has 0 bridgehead atoms. The lowest BCUT2D eigenvalue weighted by atomic mass is 10.3. The van der Waals surface area contributed by atoms with Crippen molar-refractivity contribution in [2.75, 3.05) is 20.3 Å². The molecule has 0 aromatic heterocycles. The maximum atomic E-state index is 5.92. The van der Waals surface area contributed by atoms with Crippen molar-refractivity contribution in [3.63, 3.8) is 0 Å². The van der Waals surface area contributed by atoms with Crippen molar-refractivity contribution in [2.45, 2.75) is 20.4 Å². The van der Waals surface area contributed by atoms with Crippen molar-refractivity contribution < 1.29 is 9.16 Å². The fourth-order valence-electron chi connectivity index (χ4n) is 1.77. The molecule has 90 valence electrons. The lowest BCUT2D eigenvalue weighted by molar-refractivity contribution is 0.325. The molecule has 1 unspecified atom stereocenters. The lowest BCUT2D eigenvalue weighted by Crippen LogP contribution is -2.60. The molecular formula is C12H21NO2Si. The fourth-order valence-corrected chi connectivity index (χ4v) is 4.30. The van der Waals surface area contributed by atoms with Gasteiger partial charge < -0.3 is 14.1 Å². The Morgan fingerprint density at radius 1 is 1.19 bits per heavy atom. The summed E-state index contributed by atoms with van der Waals surface area (Å²) in [6.45, 7) is 7.98. The molecule has 0 spiro atoms. The topological polar surface area (TPSA) is 30.5 Å². The van der Waals surface area contributed by atoms with E-state index in [0.717, 1.165) is 18.9 Å². The largest absolute Gasteiger partial charge is 0.497 e. The predicted octanol–water partition coefficient (Wildman–Crippen LogP) is 1.62. The van der Waals surface area contributed by atoms with Gasteiger partial charge in [-0.1, -0.05) is 19.1 Å². The average molecular weight is 239 g/mol. The van der Waals surface area contributed by atoms with Crippen LogP contribution >= 0.6 is 0 Å². The van der Waals surface area contributed by atoms with Crippen LogP contribution in [-0.2, 0) is 4.43 Å². The molecule has 1 atom stereocenters. The molecule has 0 amide bonds. The first-order valence-corrected chi connectivity index (χ1v) is 8.10. The number of hydrogen-bond acceptors (Lipinski definition) is 3. The second kappa shape index (κ2) is 6.03. The van der Waals surface area contributed by atoms with Gasteiger partial charge >= 0.3 is 0 Å². The zero-order chi connectivity index (χ0) is 12.0. The Labute approximate surface area is 99.0 Å². The van der Waals surface area contributed by atoms with Gasteiger partial charge in [0.15, 0.2) is 0 Å². The Balaban J connectivity index is 2.91. The molecule has 1 aromatic carbocycles. The van der Waals surface area contributed by atoms with Crippen LogP contribution in [0.4, 0.5) is 0 Å². The number of rotatable bonds is 6. The number of benzene rings is 1. The van der Waals surface area contributed by atoms with Crippen LogP contribution < -0.4 is 14.9 Å². The van der Waals surface area contributed by atoms with Gasteiger partial charge in [-0.15, -0.1) is 0 Å². The van der Waals surface area contributed by atoms with Gasteiger partial charge in [0.25, 0.3) is 8.48 Å². The van der Waals surface area contributed by atoms with Crippen molar-refractivity contribution >= 4 is 13.7 Å². The van der Waals surface area contributed by atoms with E-state index in [1.807, 2.05) is 19.1 Å². The third-order valence-corrected chi connectivity index (χ3v) is 5.92. The standard InChI is InChI=1S/C12H21NO2Si/c1-5-13-16(4,15-6-2)12-9-7-11(14-3)8-10-12/h7-10,13H,5-6H2,1-4H3. The summed E-state index contributed by atoms with van der Waals surface area (Å²) in [5.74, 6) is 0.882. The Morgan fingerprint density at radius 2 is 1.81 bits per heavy atom. The van der Waals surface area contributed by atoms with Crippen molar-refractivity contribution in [3.8, 4) is 5.75 Å². The quantitative estimate of drug-likeness (QED) is 0.765. The molecule has 0 heterocycles. The number of nitrogens with one attached hydrogen (secondary N) is 1. The Morgan fingerprint density at radius 3 is 2.25 bits per heavy atom. The summed E-state index contributed by atoms with van der Waals surface area (Å²) in [6, 6.07) is 8.14. The van der Waals surface area contributed by atoms with Gasteiger partial charge in [-0.25, -0.2) is 0 Å². The van der Waals surface area contributed by atoms with E-state index in [2.05, 4.69) is 30.6 Å². The Kier molecular flexibility index (Phi) is 4.98. The SMILES string of the molecule is CCN[Si](C)(OCC)c1ccc(OC)cc1. The van der Waals surface area contributed by atoms with E-state index in [1.54, 1.807) is 7.11 Å². The van der Waals surface area contributed by atoms with Crippen LogP contribution in [0, 0.1) is 0 Å². The van der Waals surface area contributed by atoms with Gasteiger partial charge in [0.2, 0.25) is 0 Å². The molecule has 0 fully saturated rings. The molecule has 1 N–H and O–H groups in total. The number of hydrogen-bond donors (Lipinski definition) is 1. The van der Waals surface area contributed by atoms with Crippen LogP contribution in [0.25, 0.3) is 0 Å². The number of ether oxygens (including phenoxy) is 1. The summed E-state index contributed by atoms with van der Waals surface area (Å²) in [6.07, 6.45) is 0. The monoisotopic (exact) mass is 239 g/mol. The lowest BCUT2D eigenvalue weighted by Gasteiger charge is -2.27. The molecule has 0 aliphatic carbocycles. The van der Waals surface area contributed by atoms with Crippen LogP contribution in [0.15, 0.2) is 24.3 Å². The molecule has 0 saturated heterocycles. The van der Waals surface area contributed by atoms with Crippen LogP contribution in [0.2, 0.25) is 6.55 Å². The maximum absolute atomic E-state index is 5.92. The van der Waals surface area contributed by atoms with Crippen molar-refractivity contribution in [1.82, 2.24) is 4.98 Å². The molecule has 1 aromatic rings. The van der Waals surface area contributed by atoms with Crippen molar-refractivity contribution in [2.24, 2.45) is 0 Å². The van der Waals surface area contributed by atoms with Gasteiger partial charge in [-0.2, -0.15) is 0 Å². The summed E-state index contributed by atoms with van der Waals surface area (Å²) in [5, 5.41) is 1.25. The summed E-state index contributed by atoms with van der Waals surface area (Å²) >= 11 is 0. The minimum atomic E-state index is -1.97. The van der Waals surface area contributed by atoms with E-state index in [-0.39, 0.29) is 0 Å². The van der Waals surface area contributed by atoms with E-state index in [4.69, 9.17) is 9.16 Å². The minimum absolute atomic E-state index is 0.738. The number of methoxy groups -OCH3 is 1. The van der Waals surface area contributed by atoms with E-state index in [1.165, 1.54) is 5.19 Å². The summed E-state index contributed by atoms with van der Waals surface area (Å²) in [5.41, 5.74) is 0. The third kappa shape index (κ3) is 3.07. The second-order valence-electron chi connectivity index (χ2n) is 3.73. The summed E-state index contributed by atoms with van der Waals surface area (Å²) in [7, 11) is -0.288. The van der Waals surface area contributed by atoms with E-state index in [0.29, 0.717) is 0 Å². The molecule has 0 saturated carbocycles. The normalized spacial score (nSPS) is 14.5. The maximum Gasteiger partial charge on any atom is 0.298 e. The van der Waals surface area contributed by atoms with Crippen molar-refractivity contribution in [1.29, 1.82) is 0 Å². The van der Waals surface area contributed by atoms with Gasteiger partial charge in [0.05, 0.1) is 7.11 Å². The smallest absolute Gasteiger partial charge is 0.298 e. The fraction of sp³-hybridized carbons (Fsp3) is 0.500. The second-order valence-corrected chi connectivity index (χ2v) is 7.01. The van der Waals surface area contributed by atoms with Crippen LogP contribution in [-0.4, -0.2) is 28.7 Å². The molecule has 3 nitrogen and oxygen atoms in total. The highest BCUT2D eigenvalue weighted by molar-refractivity contribution is 6.83. The minimum Gasteiger partial charge on any atom is -0.497 e. The Bertz CT molecular complexity index is 307. The van der Waals surface area contributed by atoms with Gasteiger partial charge in [-0.3, -0.25) is 0 Å². The first-order valence-electron chi connectivity index (χ1n) is 5.69. The van der Waals surface area contributed by atoms with E-state index >= 15 is 0 Å². The van der Waals surface area contributed by atoms with Crippen LogP contribution in [0.5, 0.6) is 5.75 Å².